The van der Waals surface area contributed by atoms with E-state index in [9.17, 15) is 0 Å². The third-order valence-corrected chi connectivity index (χ3v) is 3.82. The van der Waals surface area contributed by atoms with E-state index >= 15 is 0 Å². The summed E-state index contributed by atoms with van der Waals surface area (Å²) >= 11 is 1.52. The van der Waals surface area contributed by atoms with Gasteiger partial charge in [-0.1, -0.05) is 18.2 Å². The van der Waals surface area contributed by atoms with Crippen LogP contribution < -0.4 is 4.74 Å². The summed E-state index contributed by atoms with van der Waals surface area (Å²) in [5.74, 6) is 0.909. The summed E-state index contributed by atoms with van der Waals surface area (Å²) in [6, 6.07) is 6.15. The SMILES string of the molecule is C=CCCC/C=C/COc1ccc2c(C)nsc2c1. The number of allylic oxidation sites excluding steroid dienone is 2. The molecular weight excluding hydrogens is 254 g/mol. The lowest BCUT2D eigenvalue weighted by molar-refractivity contribution is 0.363. The Bertz CT molecular complexity index is 571. The van der Waals surface area contributed by atoms with Gasteiger partial charge in [0.05, 0.1) is 10.4 Å². The van der Waals surface area contributed by atoms with E-state index in [0.29, 0.717) is 6.61 Å². The second-order valence-electron chi connectivity index (χ2n) is 4.43. The van der Waals surface area contributed by atoms with Crippen LogP contribution in [0.25, 0.3) is 10.1 Å². The molecule has 0 radical (unpaired) electrons. The molecule has 2 aromatic rings. The average Bonchev–Trinajstić information content (AvgIpc) is 2.79. The van der Waals surface area contributed by atoms with Crippen LogP contribution in [-0.2, 0) is 0 Å². The van der Waals surface area contributed by atoms with Crippen LogP contribution in [-0.4, -0.2) is 11.0 Å². The smallest absolute Gasteiger partial charge is 0.121 e. The highest BCUT2D eigenvalue weighted by Crippen LogP contribution is 2.26. The van der Waals surface area contributed by atoms with Gasteiger partial charge in [0, 0.05) is 5.39 Å². The molecule has 0 saturated carbocycles. The Labute approximate surface area is 118 Å². The molecule has 0 aliphatic heterocycles. The molecule has 2 rings (SSSR count). The number of hydrogen-bond acceptors (Lipinski definition) is 3. The van der Waals surface area contributed by atoms with Gasteiger partial charge in [-0.3, -0.25) is 0 Å². The summed E-state index contributed by atoms with van der Waals surface area (Å²) in [7, 11) is 0. The Hall–Kier alpha value is -1.61. The highest BCUT2D eigenvalue weighted by molar-refractivity contribution is 7.13. The van der Waals surface area contributed by atoms with E-state index < -0.39 is 0 Å². The van der Waals surface area contributed by atoms with Gasteiger partial charge in [-0.25, -0.2) is 0 Å². The number of aryl methyl sites for hydroxylation is 1. The summed E-state index contributed by atoms with van der Waals surface area (Å²) in [6.07, 6.45) is 9.52. The molecule has 0 fully saturated rings. The fraction of sp³-hybridized carbons (Fsp3) is 0.312. The number of hydrogen-bond donors (Lipinski definition) is 0. The van der Waals surface area contributed by atoms with Crippen LogP contribution >= 0.6 is 11.5 Å². The molecule has 0 bridgehead atoms. The molecule has 19 heavy (non-hydrogen) atoms. The van der Waals surface area contributed by atoms with Crippen molar-refractivity contribution in [1.82, 2.24) is 4.37 Å². The molecule has 3 heteroatoms. The Morgan fingerprint density at radius 3 is 3.05 bits per heavy atom. The molecule has 0 aliphatic rings. The van der Waals surface area contributed by atoms with Crippen molar-refractivity contribution in [3.8, 4) is 5.75 Å². The van der Waals surface area contributed by atoms with Crippen molar-refractivity contribution in [3.63, 3.8) is 0 Å². The van der Waals surface area contributed by atoms with Crippen LogP contribution in [0.5, 0.6) is 5.75 Å². The first-order valence-electron chi connectivity index (χ1n) is 6.56. The lowest BCUT2D eigenvalue weighted by Gasteiger charge is -2.02. The topological polar surface area (TPSA) is 22.1 Å². The van der Waals surface area contributed by atoms with Gasteiger partial charge >= 0.3 is 0 Å². The monoisotopic (exact) mass is 273 g/mol. The lowest BCUT2D eigenvalue weighted by atomic mass is 10.2. The molecular formula is C16H19NOS. The van der Waals surface area contributed by atoms with Gasteiger partial charge in [0.25, 0.3) is 0 Å². The summed E-state index contributed by atoms with van der Waals surface area (Å²) in [4.78, 5) is 0. The minimum atomic E-state index is 0.622. The number of ether oxygens (including phenoxy) is 1. The summed E-state index contributed by atoms with van der Waals surface area (Å²) in [5.41, 5.74) is 1.09. The molecule has 1 aromatic heterocycles. The number of aromatic nitrogens is 1. The molecule has 0 N–H and O–H groups in total. The summed E-state index contributed by atoms with van der Waals surface area (Å²) in [5, 5.41) is 1.22. The minimum Gasteiger partial charge on any atom is -0.489 e. The van der Waals surface area contributed by atoms with E-state index in [1.807, 2.05) is 19.1 Å². The van der Waals surface area contributed by atoms with Crippen LogP contribution in [0, 0.1) is 6.92 Å². The van der Waals surface area contributed by atoms with Gasteiger partial charge in [-0.05, 0) is 55.9 Å². The molecule has 0 unspecified atom stereocenters. The maximum absolute atomic E-state index is 5.70. The summed E-state index contributed by atoms with van der Waals surface area (Å²) < 4.78 is 11.2. The lowest BCUT2D eigenvalue weighted by Crippen LogP contribution is -1.92. The number of benzene rings is 1. The number of fused-ring (bicyclic) bond motifs is 1. The molecule has 2 nitrogen and oxygen atoms in total. The zero-order chi connectivity index (χ0) is 13.5. The maximum atomic E-state index is 5.70. The summed E-state index contributed by atoms with van der Waals surface area (Å²) in [6.45, 7) is 6.36. The van der Waals surface area contributed by atoms with Crippen LogP contribution in [0.3, 0.4) is 0 Å². The van der Waals surface area contributed by atoms with Crippen molar-refractivity contribution in [2.45, 2.75) is 26.2 Å². The second-order valence-corrected chi connectivity index (χ2v) is 5.23. The highest BCUT2D eigenvalue weighted by Gasteiger charge is 2.02. The fourth-order valence-electron chi connectivity index (χ4n) is 1.84. The standard InChI is InChI=1S/C16H19NOS/c1-3-4-5-6-7-8-11-18-14-9-10-15-13(2)17-19-16(15)12-14/h3,7-10,12H,1,4-6,11H2,2H3/b8-7+. The predicted octanol–water partition coefficient (Wildman–Crippen LogP) is 4.90. The van der Waals surface area contributed by atoms with Crippen molar-refractivity contribution in [2.24, 2.45) is 0 Å². The largest absolute Gasteiger partial charge is 0.489 e. The van der Waals surface area contributed by atoms with Crippen molar-refractivity contribution >= 4 is 21.6 Å². The van der Waals surface area contributed by atoms with Gasteiger partial charge in [-0.2, -0.15) is 4.37 Å². The third kappa shape index (κ3) is 3.93. The predicted molar refractivity (Wildman–Crippen MR) is 83.0 cm³/mol. The fourth-order valence-corrected chi connectivity index (χ4v) is 2.66. The van der Waals surface area contributed by atoms with Crippen molar-refractivity contribution in [1.29, 1.82) is 0 Å². The van der Waals surface area contributed by atoms with E-state index in [4.69, 9.17) is 4.74 Å². The number of unbranched alkanes of at least 4 members (excludes halogenated alkanes) is 2. The Balaban J connectivity index is 1.83. The zero-order valence-corrected chi connectivity index (χ0v) is 12.1. The van der Waals surface area contributed by atoms with Gasteiger partial charge in [0.2, 0.25) is 0 Å². The quantitative estimate of drug-likeness (QED) is 0.529. The minimum absolute atomic E-state index is 0.622. The Kier molecular flexibility index (Phi) is 5.16. The highest BCUT2D eigenvalue weighted by atomic mass is 32.1. The zero-order valence-electron chi connectivity index (χ0n) is 11.3. The van der Waals surface area contributed by atoms with Crippen molar-refractivity contribution in [3.05, 3.63) is 48.7 Å². The third-order valence-electron chi connectivity index (χ3n) is 2.92. The normalized spacial score (nSPS) is 11.2. The van der Waals surface area contributed by atoms with Gasteiger partial charge in [-0.15, -0.1) is 6.58 Å². The molecule has 0 atom stereocenters. The molecule has 1 heterocycles. The molecule has 0 aliphatic carbocycles. The molecule has 1 aromatic carbocycles. The molecule has 0 amide bonds. The van der Waals surface area contributed by atoms with Gasteiger partial charge in [0.15, 0.2) is 0 Å². The van der Waals surface area contributed by atoms with Crippen LogP contribution in [0.1, 0.15) is 25.0 Å². The Morgan fingerprint density at radius 1 is 1.32 bits per heavy atom. The van der Waals surface area contributed by atoms with E-state index in [1.165, 1.54) is 21.6 Å². The first kappa shape index (κ1) is 13.8. The van der Waals surface area contributed by atoms with E-state index in [2.05, 4.69) is 35.2 Å². The number of rotatable bonds is 7. The van der Waals surface area contributed by atoms with Crippen LogP contribution in [0.2, 0.25) is 0 Å². The second kappa shape index (κ2) is 7.10. The van der Waals surface area contributed by atoms with Gasteiger partial charge in [0.1, 0.15) is 12.4 Å². The van der Waals surface area contributed by atoms with Crippen LogP contribution in [0.15, 0.2) is 43.0 Å². The van der Waals surface area contributed by atoms with Gasteiger partial charge < -0.3 is 4.74 Å². The first-order chi connectivity index (χ1) is 9.31. The average molecular weight is 273 g/mol. The van der Waals surface area contributed by atoms with Crippen molar-refractivity contribution in [2.75, 3.05) is 6.61 Å². The molecule has 0 spiro atoms. The van der Waals surface area contributed by atoms with Crippen molar-refractivity contribution < 1.29 is 4.74 Å². The molecule has 100 valence electrons. The van der Waals surface area contributed by atoms with Crippen LogP contribution in [0.4, 0.5) is 0 Å². The first-order valence-corrected chi connectivity index (χ1v) is 7.33. The van der Waals surface area contributed by atoms with E-state index in [1.54, 1.807) is 0 Å². The molecule has 0 saturated heterocycles. The Morgan fingerprint density at radius 2 is 2.21 bits per heavy atom. The van der Waals surface area contributed by atoms with E-state index in [0.717, 1.165) is 30.7 Å². The maximum Gasteiger partial charge on any atom is 0.121 e. The number of nitrogens with zero attached hydrogens (tertiary/aromatic N) is 1. The van der Waals surface area contributed by atoms with E-state index in [-0.39, 0.29) is 0 Å².